The van der Waals surface area contributed by atoms with E-state index in [0.717, 1.165) is 7.05 Å². The predicted octanol–water partition coefficient (Wildman–Crippen LogP) is 1.79. The molecule has 2 N–H and O–H groups in total. The molecule has 0 saturated carbocycles. The molecule has 3 nitrogen and oxygen atoms in total. The summed E-state index contributed by atoms with van der Waals surface area (Å²) >= 11 is 0. The Labute approximate surface area is 84.3 Å². The molecule has 0 aromatic heterocycles. The van der Waals surface area contributed by atoms with E-state index in [-0.39, 0.29) is 5.69 Å². The number of carbonyl (C=O) groups excluding carboxylic acids is 1. The summed E-state index contributed by atoms with van der Waals surface area (Å²) in [6, 6.07) is 5.54. The highest BCUT2D eigenvalue weighted by Crippen LogP contribution is 2.22. The van der Waals surface area contributed by atoms with Crippen LogP contribution in [0.2, 0.25) is 0 Å². The van der Waals surface area contributed by atoms with Gasteiger partial charge < -0.3 is 10.6 Å². The van der Waals surface area contributed by atoms with E-state index in [4.69, 9.17) is 5.73 Å². The van der Waals surface area contributed by atoms with Crippen LogP contribution in [0.4, 0.5) is 24.5 Å². The summed E-state index contributed by atoms with van der Waals surface area (Å²) in [4.78, 5) is 11.3. The average Bonchev–Trinajstić information content (AvgIpc) is 2.15. The molecular formula is C9H9F3N2O. The van der Waals surface area contributed by atoms with Crippen molar-refractivity contribution < 1.29 is 18.0 Å². The molecule has 0 spiro atoms. The van der Waals surface area contributed by atoms with Crippen LogP contribution < -0.4 is 10.6 Å². The smallest absolute Gasteiger partial charge is 0.399 e. The van der Waals surface area contributed by atoms with Gasteiger partial charge in [0.1, 0.15) is 0 Å². The summed E-state index contributed by atoms with van der Waals surface area (Å²) < 4.78 is 36.1. The van der Waals surface area contributed by atoms with Gasteiger partial charge in [-0.3, -0.25) is 4.79 Å². The molecule has 0 radical (unpaired) electrons. The van der Waals surface area contributed by atoms with Gasteiger partial charge in [0.05, 0.1) is 0 Å². The van der Waals surface area contributed by atoms with E-state index in [1.807, 2.05) is 0 Å². The van der Waals surface area contributed by atoms with E-state index in [2.05, 4.69) is 0 Å². The van der Waals surface area contributed by atoms with Gasteiger partial charge >= 0.3 is 12.1 Å². The fraction of sp³-hybridized carbons (Fsp3) is 0.222. The maximum atomic E-state index is 12.0. The molecule has 15 heavy (non-hydrogen) atoms. The van der Waals surface area contributed by atoms with Crippen molar-refractivity contribution in [2.24, 2.45) is 0 Å². The van der Waals surface area contributed by atoms with Crippen LogP contribution in [0.1, 0.15) is 0 Å². The minimum absolute atomic E-state index is 0.145. The van der Waals surface area contributed by atoms with Gasteiger partial charge in [0.15, 0.2) is 0 Å². The number of nitrogens with two attached hydrogens (primary N) is 1. The number of hydrogen-bond donors (Lipinski definition) is 1. The average molecular weight is 218 g/mol. The predicted molar refractivity (Wildman–Crippen MR) is 50.3 cm³/mol. The SMILES string of the molecule is CN(C(=O)C(F)(F)F)c1ccc(N)cc1. The molecule has 0 atom stereocenters. The molecule has 1 amide bonds. The molecule has 0 aliphatic carbocycles. The first-order chi connectivity index (χ1) is 6.82. The first kappa shape index (κ1) is 11.4. The van der Waals surface area contributed by atoms with Gasteiger partial charge in [-0.05, 0) is 24.3 Å². The second kappa shape index (κ2) is 3.80. The van der Waals surface area contributed by atoms with Crippen LogP contribution in [0.3, 0.4) is 0 Å². The van der Waals surface area contributed by atoms with Crippen molar-refractivity contribution in [3.8, 4) is 0 Å². The number of amides is 1. The van der Waals surface area contributed by atoms with Gasteiger partial charge in [0.25, 0.3) is 0 Å². The molecule has 1 aromatic rings. The lowest BCUT2D eigenvalue weighted by molar-refractivity contribution is -0.170. The number of anilines is 2. The second-order valence-electron chi connectivity index (χ2n) is 2.95. The van der Waals surface area contributed by atoms with Crippen LogP contribution in [0.15, 0.2) is 24.3 Å². The van der Waals surface area contributed by atoms with Crippen molar-refractivity contribution in [2.75, 3.05) is 17.7 Å². The molecule has 0 saturated heterocycles. The molecule has 0 aliphatic rings. The minimum Gasteiger partial charge on any atom is -0.399 e. The molecule has 1 rings (SSSR count). The highest BCUT2D eigenvalue weighted by atomic mass is 19.4. The van der Waals surface area contributed by atoms with E-state index in [1.165, 1.54) is 24.3 Å². The standard InChI is InChI=1S/C9H9F3N2O/c1-14(8(15)9(10,11)12)7-4-2-6(13)3-5-7/h2-5H,13H2,1H3. The number of alkyl halides is 3. The third kappa shape index (κ3) is 2.61. The number of halogens is 3. The molecule has 82 valence electrons. The zero-order valence-corrected chi connectivity index (χ0v) is 7.88. The Bertz CT molecular complexity index is 359. The Kier molecular flexibility index (Phi) is 2.88. The van der Waals surface area contributed by atoms with Crippen molar-refractivity contribution in [1.82, 2.24) is 0 Å². The zero-order chi connectivity index (χ0) is 11.6. The highest BCUT2D eigenvalue weighted by Gasteiger charge is 2.41. The van der Waals surface area contributed by atoms with Crippen LogP contribution >= 0.6 is 0 Å². The molecule has 0 heterocycles. The first-order valence-corrected chi connectivity index (χ1v) is 4.03. The van der Waals surface area contributed by atoms with Gasteiger partial charge in [-0.2, -0.15) is 13.2 Å². The lowest BCUT2D eigenvalue weighted by Crippen LogP contribution is -2.38. The Morgan fingerprint density at radius 2 is 1.73 bits per heavy atom. The number of benzene rings is 1. The molecule has 1 aromatic carbocycles. The normalized spacial score (nSPS) is 11.2. The Balaban J connectivity index is 2.90. The minimum atomic E-state index is -4.86. The van der Waals surface area contributed by atoms with Crippen LogP contribution in [0.25, 0.3) is 0 Å². The van der Waals surface area contributed by atoms with Gasteiger partial charge in [0.2, 0.25) is 0 Å². The quantitative estimate of drug-likeness (QED) is 0.730. The third-order valence-corrected chi connectivity index (χ3v) is 1.83. The Hall–Kier alpha value is -1.72. The number of rotatable bonds is 1. The summed E-state index contributed by atoms with van der Waals surface area (Å²) in [6.07, 6.45) is -4.86. The fourth-order valence-corrected chi connectivity index (χ4v) is 1.01. The number of nitrogens with zero attached hydrogens (tertiary/aromatic N) is 1. The van der Waals surface area contributed by atoms with Crippen LogP contribution in [-0.4, -0.2) is 19.1 Å². The van der Waals surface area contributed by atoms with E-state index >= 15 is 0 Å². The van der Waals surface area contributed by atoms with Gasteiger partial charge in [-0.1, -0.05) is 0 Å². The van der Waals surface area contributed by atoms with E-state index in [9.17, 15) is 18.0 Å². The lowest BCUT2D eigenvalue weighted by atomic mass is 10.2. The first-order valence-electron chi connectivity index (χ1n) is 4.03. The summed E-state index contributed by atoms with van der Waals surface area (Å²) in [5.41, 5.74) is 5.93. The number of hydrogen-bond acceptors (Lipinski definition) is 2. The second-order valence-corrected chi connectivity index (χ2v) is 2.95. The molecule has 0 unspecified atom stereocenters. The Morgan fingerprint density at radius 3 is 2.13 bits per heavy atom. The number of nitrogen functional groups attached to an aromatic ring is 1. The summed E-state index contributed by atoms with van der Waals surface area (Å²) in [5, 5.41) is 0. The summed E-state index contributed by atoms with van der Waals surface area (Å²) in [6.45, 7) is 0. The van der Waals surface area contributed by atoms with E-state index < -0.39 is 12.1 Å². The van der Waals surface area contributed by atoms with Crippen molar-refractivity contribution in [3.63, 3.8) is 0 Å². The van der Waals surface area contributed by atoms with Crippen LogP contribution in [-0.2, 0) is 4.79 Å². The monoisotopic (exact) mass is 218 g/mol. The molecular weight excluding hydrogens is 209 g/mol. The fourth-order valence-electron chi connectivity index (χ4n) is 1.01. The van der Waals surface area contributed by atoms with Crippen LogP contribution in [0.5, 0.6) is 0 Å². The Morgan fingerprint density at radius 1 is 1.27 bits per heavy atom. The maximum absolute atomic E-state index is 12.0. The topological polar surface area (TPSA) is 46.3 Å². The summed E-state index contributed by atoms with van der Waals surface area (Å²) in [7, 11) is 1.06. The van der Waals surface area contributed by atoms with Gasteiger partial charge in [-0.15, -0.1) is 0 Å². The van der Waals surface area contributed by atoms with Crippen molar-refractivity contribution in [3.05, 3.63) is 24.3 Å². The van der Waals surface area contributed by atoms with Crippen molar-refractivity contribution in [2.45, 2.75) is 6.18 Å². The molecule has 0 aliphatic heterocycles. The maximum Gasteiger partial charge on any atom is 0.471 e. The zero-order valence-electron chi connectivity index (χ0n) is 7.88. The number of carbonyl (C=O) groups is 1. The molecule has 6 heteroatoms. The third-order valence-electron chi connectivity index (χ3n) is 1.83. The van der Waals surface area contributed by atoms with Gasteiger partial charge in [0, 0.05) is 18.4 Å². The van der Waals surface area contributed by atoms with E-state index in [1.54, 1.807) is 0 Å². The van der Waals surface area contributed by atoms with Gasteiger partial charge in [-0.25, -0.2) is 0 Å². The van der Waals surface area contributed by atoms with E-state index in [0.29, 0.717) is 10.6 Å². The highest BCUT2D eigenvalue weighted by molar-refractivity contribution is 5.96. The molecule has 0 fully saturated rings. The lowest BCUT2D eigenvalue weighted by Gasteiger charge is -2.18. The molecule has 0 bridgehead atoms. The largest absolute Gasteiger partial charge is 0.471 e. The van der Waals surface area contributed by atoms with Crippen molar-refractivity contribution in [1.29, 1.82) is 0 Å². The van der Waals surface area contributed by atoms with Crippen molar-refractivity contribution >= 4 is 17.3 Å². The summed E-state index contributed by atoms with van der Waals surface area (Å²) in [5.74, 6) is -1.91. The van der Waals surface area contributed by atoms with Crippen LogP contribution in [0, 0.1) is 0 Å².